The molecule has 0 bridgehead atoms. The highest BCUT2D eigenvalue weighted by Gasteiger charge is 2.22. The minimum absolute atomic E-state index is 0.0443. The van der Waals surface area contributed by atoms with Gasteiger partial charge in [0.05, 0.1) is 5.56 Å². The lowest BCUT2D eigenvalue weighted by Crippen LogP contribution is -2.20. The second-order valence-electron chi connectivity index (χ2n) is 4.80. The lowest BCUT2D eigenvalue weighted by atomic mass is 9.98. The minimum atomic E-state index is -0.672. The van der Waals surface area contributed by atoms with Crippen LogP contribution in [0.4, 0.5) is 17.1 Å². The van der Waals surface area contributed by atoms with Crippen LogP contribution in [0.5, 0.6) is 0 Å². The number of carbonyl (C=O) groups is 1. The molecule has 1 aliphatic carbocycles. The van der Waals surface area contributed by atoms with Crippen molar-refractivity contribution in [2.45, 2.75) is 38.2 Å². The minimum Gasteiger partial charge on any atom is -0.459 e. The quantitative estimate of drug-likeness (QED) is 0.590. The van der Waals surface area contributed by atoms with E-state index in [0.29, 0.717) is 0 Å². The Balaban J connectivity index is 2.25. The molecule has 21 heavy (non-hydrogen) atoms. The molecule has 1 aromatic rings. The summed E-state index contributed by atoms with van der Waals surface area (Å²) in [5.74, 6) is -0.672. The van der Waals surface area contributed by atoms with Gasteiger partial charge in [0.15, 0.2) is 5.69 Å². The first-order chi connectivity index (χ1) is 10.2. The van der Waals surface area contributed by atoms with E-state index >= 15 is 0 Å². The maximum absolute atomic E-state index is 12.0. The Bertz CT molecular complexity index is 552. The van der Waals surface area contributed by atoms with Gasteiger partial charge in [0, 0.05) is 0 Å². The average molecular weight is 291 g/mol. The molecule has 0 aliphatic heterocycles. The van der Waals surface area contributed by atoms with E-state index in [-0.39, 0.29) is 11.7 Å². The highest BCUT2D eigenvalue weighted by molar-refractivity contribution is 5.94. The number of hydrogen-bond acceptors (Lipinski definition) is 8. The van der Waals surface area contributed by atoms with Gasteiger partial charge in [-0.1, -0.05) is 6.42 Å². The summed E-state index contributed by atoms with van der Waals surface area (Å²) >= 11 is 0. The standard InChI is InChI=1S/C13H13N3O5/c17-13(21-9-4-2-1-3-5-9)8-6-10(14-18)12(16-20)11(7-8)15-19/h6-7,9H,1-5H2. The summed E-state index contributed by atoms with van der Waals surface area (Å²) in [5.41, 5.74) is -1.33. The van der Waals surface area contributed by atoms with E-state index in [1.165, 1.54) is 0 Å². The summed E-state index contributed by atoms with van der Waals surface area (Å²) in [6.07, 6.45) is 4.51. The highest BCUT2D eigenvalue weighted by atomic mass is 16.5. The van der Waals surface area contributed by atoms with Gasteiger partial charge >= 0.3 is 5.97 Å². The fourth-order valence-electron chi connectivity index (χ4n) is 2.36. The van der Waals surface area contributed by atoms with Gasteiger partial charge in [-0.05, 0) is 53.3 Å². The second kappa shape index (κ2) is 6.78. The van der Waals surface area contributed by atoms with Crippen molar-refractivity contribution in [1.82, 2.24) is 0 Å². The number of carbonyl (C=O) groups excluding carboxylic acids is 1. The first kappa shape index (κ1) is 14.9. The fraction of sp³-hybridized carbons (Fsp3) is 0.462. The first-order valence-electron chi connectivity index (χ1n) is 6.58. The Morgan fingerprint density at radius 2 is 1.52 bits per heavy atom. The van der Waals surface area contributed by atoms with Crippen LogP contribution >= 0.6 is 0 Å². The zero-order valence-electron chi connectivity index (χ0n) is 11.2. The topological polar surface area (TPSA) is 115 Å². The van der Waals surface area contributed by atoms with Crippen molar-refractivity contribution >= 4 is 23.0 Å². The Hall–Kier alpha value is -2.51. The molecule has 0 atom stereocenters. The van der Waals surface area contributed by atoms with Crippen molar-refractivity contribution in [1.29, 1.82) is 0 Å². The van der Waals surface area contributed by atoms with Crippen molar-refractivity contribution in [3.63, 3.8) is 0 Å². The summed E-state index contributed by atoms with van der Waals surface area (Å²) in [6, 6.07) is 2.15. The van der Waals surface area contributed by atoms with E-state index in [0.717, 1.165) is 44.2 Å². The molecule has 1 fully saturated rings. The van der Waals surface area contributed by atoms with Crippen molar-refractivity contribution in [2.75, 3.05) is 0 Å². The third-order valence-electron chi connectivity index (χ3n) is 3.42. The van der Waals surface area contributed by atoms with Gasteiger partial charge in [0.25, 0.3) is 0 Å². The first-order valence-corrected chi connectivity index (χ1v) is 6.58. The molecule has 1 aliphatic rings. The molecule has 0 saturated heterocycles. The van der Waals surface area contributed by atoms with Crippen LogP contribution in [0, 0.1) is 14.7 Å². The average Bonchev–Trinajstić information content (AvgIpc) is 2.54. The predicted molar refractivity (Wildman–Crippen MR) is 75.1 cm³/mol. The largest absolute Gasteiger partial charge is 0.459 e. The summed E-state index contributed by atoms with van der Waals surface area (Å²) in [6.45, 7) is 0. The second-order valence-corrected chi connectivity index (χ2v) is 4.80. The number of benzene rings is 1. The van der Waals surface area contributed by atoms with E-state index in [4.69, 9.17) is 4.74 Å². The zero-order chi connectivity index (χ0) is 15.2. The van der Waals surface area contributed by atoms with Gasteiger partial charge in [0.2, 0.25) is 0 Å². The van der Waals surface area contributed by atoms with Gasteiger partial charge in [-0.3, -0.25) is 0 Å². The third kappa shape index (κ3) is 3.33. The van der Waals surface area contributed by atoms with Crippen LogP contribution in [0.25, 0.3) is 0 Å². The lowest BCUT2D eigenvalue weighted by Gasteiger charge is -2.21. The van der Waals surface area contributed by atoms with Crippen molar-refractivity contribution in [3.8, 4) is 0 Å². The Labute approximate surface area is 119 Å². The Morgan fingerprint density at radius 1 is 0.952 bits per heavy atom. The summed E-state index contributed by atoms with van der Waals surface area (Å²) in [4.78, 5) is 44.0. The molecule has 1 saturated carbocycles. The molecule has 1 aromatic carbocycles. The Morgan fingerprint density at radius 3 is 2.00 bits per heavy atom. The molecule has 8 heteroatoms. The van der Waals surface area contributed by atoms with Crippen LogP contribution in [-0.4, -0.2) is 12.1 Å². The highest BCUT2D eigenvalue weighted by Crippen LogP contribution is 2.39. The molecule has 0 radical (unpaired) electrons. The van der Waals surface area contributed by atoms with Gasteiger partial charge in [-0.2, -0.15) is 0 Å². The third-order valence-corrected chi connectivity index (χ3v) is 3.42. The van der Waals surface area contributed by atoms with E-state index in [1.54, 1.807) is 0 Å². The van der Waals surface area contributed by atoms with Crippen LogP contribution in [0.3, 0.4) is 0 Å². The molecule has 110 valence electrons. The molecule has 0 spiro atoms. The van der Waals surface area contributed by atoms with Crippen LogP contribution in [-0.2, 0) is 4.74 Å². The summed E-state index contributed by atoms with van der Waals surface area (Å²) in [7, 11) is 0. The zero-order valence-corrected chi connectivity index (χ0v) is 11.2. The van der Waals surface area contributed by atoms with E-state index in [2.05, 4.69) is 15.5 Å². The smallest absolute Gasteiger partial charge is 0.338 e. The molecule has 2 rings (SSSR count). The maximum atomic E-state index is 12.0. The molecule has 0 N–H and O–H groups in total. The molecule has 8 nitrogen and oxygen atoms in total. The normalized spacial score (nSPS) is 15.2. The van der Waals surface area contributed by atoms with Gasteiger partial charge in [-0.15, -0.1) is 14.7 Å². The Kier molecular flexibility index (Phi) is 4.81. The number of nitrogens with zero attached hydrogens (tertiary/aromatic N) is 3. The van der Waals surface area contributed by atoms with Crippen LogP contribution < -0.4 is 0 Å². The monoisotopic (exact) mass is 291 g/mol. The molecule has 0 heterocycles. The van der Waals surface area contributed by atoms with Gasteiger partial charge in [0.1, 0.15) is 17.5 Å². The summed E-state index contributed by atoms with van der Waals surface area (Å²) in [5, 5.41) is 7.72. The number of hydrogen-bond donors (Lipinski definition) is 0. The van der Waals surface area contributed by atoms with Crippen LogP contribution in [0.15, 0.2) is 27.7 Å². The van der Waals surface area contributed by atoms with Gasteiger partial charge in [-0.25, -0.2) is 4.79 Å². The number of rotatable bonds is 5. The van der Waals surface area contributed by atoms with Crippen molar-refractivity contribution in [2.24, 2.45) is 15.5 Å². The predicted octanol–water partition coefficient (Wildman–Crippen LogP) is 4.37. The van der Waals surface area contributed by atoms with Crippen molar-refractivity contribution < 1.29 is 9.53 Å². The van der Waals surface area contributed by atoms with Crippen LogP contribution in [0.1, 0.15) is 42.5 Å². The van der Waals surface area contributed by atoms with Gasteiger partial charge < -0.3 is 4.74 Å². The van der Waals surface area contributed by atoms with Crippen LogP contribution in [0.2, 0.25) is 0 Å². The number of ether oxygens (including phenoxy) is 1. The molecule has 0 unspecified atom stereocenters. The number of nitroso groups, excluding NO2 is 3. The van der Waals surface area contributed by atoms with E-state index in [9.17, 15) is 19.5 Å². The van der Waals surface area contributed by atoms with E-state index in [1.807, 2.05) is 0 Å². The lowest BCUT2D eigenvalue weighted by molar-refractivity contribution is 0.0211. The molecule has 0 aromatic heterocycles. The van der Waals surface area contributed by atoms with E-state index < -0.39 is 23.0 Å². The number of esters is 1. The maximum Gasteiger partial charge on any atom is 0.338 e. The summed E-state index contributed by atoms with van der Waals surface area (Å²) < 4.78 is 5.31. The fourth-order valence-corrected chi connectivity index (χ4v) is 2.36. The molecular weight excluding hydrogens is 278 g/mol. The molecule has 0 amide bonds. The SMILES string of the molecule is O=Nc1cc(C(=O)OC2CCCCC2)cc(N=O)c1N=O. The van der Waals surface area contributed by atoms with Crippen molar-refractivity contribution in [3.05, 3.63) is 32.4 Å². The molecular formula is C13H13N3O5.